The zero-order valence-electron chi connectivity index (χ0n) is 12.7. The minimum atomic E-state index is 0.385. The SMILES string of the molecule is CC(C)n1cc(COc2ccc(Cl)cc2)c2cc(N)ccc21. The highest BCUT2D eigenvalue weighted by atomic mass is 35.5. The average molecular weight is 315 g/mol. The monoisotopic (exact) mass is 314 g/mol. The Morgan fingerprint density at radius 1 is 1.14 bits per heavy atom. The first-order valence-corrected chi connectivity index (χ1v) is 7.69. The van der Waals surface area contributed by atoms with Crippen LogP contribution >= 0.6 is 11.6 Å². The van der Waals surface area contributed by atoms with Crippen molar-refractivity contribution in [1.29, 1.82) is 0 Å². The molecule has 0 unspecified atom stereocenters. The number of halogens is 1. The summed E-state index contributed by atoms with van der Waals surface area (Å²) in [5.74, 6) is 0.804. The third-order valence-electron chi connectivity index (χ3n) is 3.70. The summed E-state index contributed by atoms with van der Waals surface area (Å²) in [5.41, 5.74) is 9.01. The van der Waals surface area contributed by atoms with Crippen LogP contribution in [0.25, 0.3) is 10.9 Å². The first kappa shape index (κ1) is 14.8. The lowest BCUT2D eigenvalue weighted by Crippen LogP contribution is -1.98. The van der Waals surface area contributed by atoms with Crippen molar-refractivity contribution < 1.29 is 4.74 Å². The number of ether oxygens (including phenoxy) is 1. The summed E-state index contributed by atoms with van der Waals surface area (Å²) in [7, 11) is 0. The first-order valence-electron chi connectivity index (χ1n) is 7.32. The standard InChI is InChI=1S/C18H19ClN2O/c1-12(2)21-10-13(17-9-15(20)5-8-18(17)21)11-22-16-6-3-14(19)4-7-16/h3-10,12H,11,20H2,1-2H3. The zero-order chi connectivity index (χ0) is 15.7. The Morgan fingerprint density at radius 2 is 1.86 bits per heavy atom. The smallest absolute Gasteiger partial charge is 0.119 e. The number of aromatic nitrogens is 1. The Morgan fingerprint density at radius 3 is 2.55 bits per heavy atom. The van der Waals surface area contributed by atoms with Crippen molar-refractivity contribution in [2.75, 3.05) is 5.73 Å². The number of anilines is 1. The van der Waals surface area contributed by atoms with Crippen LogP contribution in [0.15, 0.2) is 48.7 Å². The minimum Gasteiger partial charge on any atom is -0.489 e. The first-order chi connectivity index (χ1) is 10.5. The summed E-state index contributed by atoms with van der Waals surface area (Å²) in [6.45, 7) is 4.83. The third-order valence-corrected chi connectivity index (χ3v) is 3.96. The van der Waals surface area contributed by atoms with E-state index in [-0.39, 0.29) is 0 Å². The molecule has 22 heavy (non-hydrogen) atoms. The Hall–Kier alpha value is -2.13. The van der Waals surface area contributed by atoms with Gasteiger partial charge >= 0.3 is 0 Å². The van der Waals surface area contributed by atoms with E-state index in [0.29, 0.717) is 17.7 Å². The van der Waals surface area contributed by atoms with Crippen LogP contribution in [0.1, 0.15) is 25.5 Å². The number of nitrogens with two attached hydrogens (primary N) is 1. The van der Waals surface area contributed by atoms with Crippen LogP contribution in [0.3, 0.4) is 0 Å². The van der Waals surface area contributed by atoms with Gasteiger partial charge in [0.1, 0.15) is 12.4 Å². The summed E-state index contributed by atoms with van der Waals surface area (Å²) in [6.07, 6.45) is 2.14. The largest absolute Gasteiger partial charge is 0.489 e. The topological polar surface area (TPSA) is 40.2 Å². The minimum absolute atomic E-state index is 0.385. The van der Waals surface area contributed by atoms with Crippen molar-refractivity contribution in [2.24, 2.45) is 0 Å². The van der Waals surface area contributed by atoms with Gasteiger partial charge in [0, 0.05) is 39.4 Å². The fourth-order valence-corrected chi connectivity index (χ4v) is 2.70. The maximum absolute atomic E-state index is 5.94. The molecule has 0 fully saturated rings. The number of rotatable bonds is 4. The Balaban J connectivity index is 1.92. The van der Waals surface area contributed by atoms with Gasteiger partial charge in [-0.1, -0.05) is 11.6 Å². The van der Waals surface area contributed by atoms with Crippen LogP contribution in [-0.2, 0) is 6.61 Å². The third kappa shape index (κ3) is 2.90. The number of nitrogen functional groups attached to an aromatic ring is 1. The molecule has 0 atom stereocenters. The molecule has 3 nitrogen and oxygen atoms in total. The molecular formula is C18H19ClN2O. The lowest BCUT2D eigenvalue weighted by Gasteiger charge is -2.08. The highest BCUT2D eigenvalue weighted by molar-refractivity contribution is 6.30. The number of benzene rings is 2. The van der Waals surface area contributed by atoms with Gasteiger partial charge in [-0.2, -0.15) is 0 Å². The molecule has 0 saturated heterocycles. The van der Waals surface area contributed by atoms with E-state index in [2.05, 4.69) is 30.7 Å². The van der Waals surface area contributed by atoms with Gasteiger partial charge < -0.3 is 15.0 Å². The molecule has 2 aromatic carbocycles. The molecule has 0 saturated carbocycles. The Kier molecular flexibility index (Phi) is 3.99. The molecule has 114 valence electrons. The van der Waals surface area contributed by atoms with Gasteiger partial charge in [0.15, 0.2) is 0 Å². The van der Waals surface area contributed by atoms with Gasteiger partial charge in [-0.15, -0.1) is 0 Å². The van der Waals surface area contributed by atoms with Gasteiger partial charge in [0.05, 0.1) is 0 Å². The van der Waals surface area contributed by atoms with Crippen LogP contribution in [0.2, 0.25) is 5.02 Å². The van der Waals surface area contributed by atoms with E-state index in [1.165, 1.54) is 5.52 Å². The van der Waals surface area contributed by atoms with Gasteiger partial charge in [-0.3, -0.25) is 0 Å². The van der Waals surface area contributed by atoms with Crippen LogP contribution in [0, 0.1) is 0 Å². The fourth-order valence-electron chi connectivity index (χ4n) is 2.58. The number of hydrogen-bond donors (Lipinski definition) is 1. The fraction of sp³-hybridized carbons (Fsp3) is 0.222. The summed E-state index contributed by atoms with van der Waals surface area (Å²) >= 11 is 5.89. The molecule has 3 aromatic rings. The summed E-state index contributed by atoms with van der Waals surface area (Å²) in [6, 6.07) is 13.8. The van der Waals surface area contributed by atoms with Gasteiger partial charge in [-0.25, -0.2) is 0 Å². The van der Waals surface area contributed by atoms with E-state index >= 15 is 0 Å². The molecule has 1 heterocycles. The quantitative estimate of drug-likeness (QED) is 0.685. The van der Waals surface area contributed by atoms with Gasteiger partial charge in [-0.05, 0) is 56.3 Å². The van der Waals surface area contributed by atoms with E-state index in [9.17, 15) is 0 Å². The Labute approximate surface area is 135 Å². The second kappa shape index (κ2) is 5.93. The van der Waals surface area contributed by atoms with Crippen molar-refractivity contribution in [3.63, 3.8) is 0 Å². The van der Waals surface area contributed by atoms with Gasteiger partial charge in [0.25, 0.3) is 0 Å². The number of nitrogens with zero attached hydrogens (tertiary/aromatic N) is 1. The van der Waals surface area contributed by atoms with Crippen molar-refractivity contribution >= 4 is 28.2 Å². The van der Waals surface area contributed by atoms with Crippen molar-refractivity contribution in [3.8, 4) is 5.75 Å². The maximum Gasteiger partial charge on any atom is 0.119 e. The van der Waals surface area contributed by atoms with Crippen molar-refractivity contribution in [2.45, 2.75) is 26.5 Å². The molecule has 2 N–H and O–H groups in total. The number of fused-ring (bicyclic) bond motifs is 1. The molecule has 0 aliphatic carbocycles. The molecule has 0 aliphatic rings. The van der Waals surface area contributed by atoms with Gasteiger partial charge in [0.2, 0.25) is 0 Å². The molecule has 0 bridgehead atoms. The van der Waals surface area contributed by atoms with Crippen LogP contribution in [0.5, 0.6) is 5.75 Å². The second-order valence-electron chi connectivity index (χ2n) is 5.67. The van der Waals surface area contributed by atoms with E-state index in [1.54, 1.807) is 0 Å². The zero-order valence-corrected chi connectivity index (χ0v) is 13.5. The van der Waals surface area contributed by atoms with Crippen LogP contribution in [0.4, 0.5) is 5.69 Å². The number of hydrogen-bond acceptors (Lipinski definition) is 2. The molecule has 1 aromatic heterocycles. The molecule has 0 aliphatic heterocycles. The van der Waals surface area contributed by atoms with Crippen LogP contribution < -0.4 is 10.5 Å². The van der Waals surface area contributed by atoms with Crippen LogP contribution in [-0.4, -0.2) is 4.57 Å². The maximum atomic E-state index is 5.94. The Bertz CT molecular complexity index is 791. The lowest BCUT2D eigenvalue weighted by molar-refractivity contribution is 0.307. The molecule has 0 amide bonds. The summed E-state index contributed by atoms with van der Waals surface area (Å²) in [4.78, 5) is 0. The second-order valence-corrected chi connectivity index (χ2v) is 6.11. The van der Waals surface area contributed by atoms with Crippen molar-refractivity contribution in [3.05, 3.63) is 59.2 Å². The molecule has 0 spiro atoms. The normalized spacial score (nSPS) is 11.3. The van der Waals surface area contributed by atoms with E-state index in [1.807, 2.05) is 36.4 Å². The predicted molar refractivity (Wildman–Crippen MR) is 92.5 cm³/mol. The van der Waals surface area contributed by atoms with Crippen molar-refractivity contribution in [1.82, 2.24) is 4.57 Å². The predicted octanol–water partition coefficient (Wildman–Crippen LogP) is 5.04. The highest BCUT2D eigenvalue weighted by Gasteiger charge is 2.11. The molecular weight excluding hydrogens is 296 g/mol. The van der Waals surface area contributed by atoms with E-state index < -0.39 is 0 Å². The summed E-state index contributed by atoms with van der Waals surface area (Å²) in [5, 5.41) is 1.85. The molecule has 4 heteroatoms. The molecule has 0 radical (unpaired) electrons. The highest BCUT2D eigenvalue weighted by Crippen LogP contribution is 2.28. The van der Waals surface area contributed by atoms with E-state index in [0.717, 1.165) is 22.4 Å². The summed E-state index contributed by atoms with van der Waals surface area (Å²) < 4.78 is 8.12. The van der Waals surface area contributed by atoms with E-state index in [4.69, 9.17) is 22.1 Å². The average Bonchev–Trinajstić information content (AvgIpc) is 2.85. The lowest BCUT2D eigenvalue weighted by atomic mass is 10.1. The molecule has 3 rings (SSSR count).